The summed E-state index contributed by atoms with van der Waals surface area (Å²) in [7, 11) is -3.03. The molecule has 172 valence electrons. The van der Waals surface area contributed by atoms with E-state index in [9.17, 15) is 13.2 Å². The summed E-state index contributed by atoms with van der Waals surface area (Å²) in [5, 5.41) is 8.31. The highest BCUT2D eigenvalue weighted by molar-refractivity contribution is 7.91. The van der Waals surface area contributed by atoms with Crippen molar-refractivity contribution in [2.24, 2.45) is 0 Å². The van der Waals surface area contributed by atoms with Gasteiger partial charge in [0.25, 0.3) is 5.91 Å². The first-order chi connectivity index (χ1) is 15.8. The third-order valence-electron chi connectivity index (χ3n) is 6.72. The van der Waals surface area contributed by atoms with E-state index >= 15 is 0 Å². The van der Waals surface area contributed by atoms with E-state index in [0.717, 1.165) is 29.1 Å². The Morgan fingerprint density at radius 3 is 2.52 bits per heavy atom. The molecule has 1 aromatic heterocycles. The molecule has 0 saturated carbocycles. The minimum Gasteiger partial charge on any atom is -0.361 e. The first-order valence-electron chi connectivity index (χ1n) is 11.3. The van der Waals surface area contributed by atoms with E-state index in [-0.39, 0.29) is 29.6 Å². The Bertz CT molecular complexity index is 1300. The highest BCUT2D eigenvalue weighted by Crippen LogP contribution is 2.37. The number of hydrogen-bond donors (Lipinski definition) is 1. The molecule has 8 heteroatoms. The number of aryl methyl sites for hydroxylation is 1. The van der Waals surface area contributed by atoms with Gasteiger partial charge in [-0.25, -0.2) is 8.42 Å². The van der Waals surface area contributed by atoms with E-state index in [1.807, 2.05) is 65.9 Å². The maximum atomic E-state index is 13.6. The Labute approximate surface area is 194 Å². The van der Waals surface area contributed by atoms with Crippen LogP contribution in [0.4, 0.5) is 5.69 Å². The quantitative estimate of drug-likeness (QED) is 0.623. The number of benzene rings is 2. The summed E-state index contributed by atoms with van der Waals surface area (Å²) in [5.74, 6) is 0.300. The lowest BCUT2D eigenvalue weighted by Gasteiger charge is -2.38. The minimum atomic E-state index is -3.03. The lowest BCUT2D eigenvalue weighted by Crippen LogP contribution is -2.44. The fourth-order valence-electron chi connectivity index (χ4n) is 5.04. The number of aromatic nitrogens is 2. The van der Waals surface area contributed by atoms with Gasteiger partial charge in [0.2, 0.25) is 0 Å². The van der Waals surface area contributed by atoms with Crippen molar-refractivity contribution in [3.8, 4) is 0 Å². The Kier molecular flexibility index (Phi) is 5.48. The van der Waals surface area contributed by atoms with Crippen LogP contribution in [0.25, 0.3) is 0 Å². The summed E-state index contributed by atoms with van der Waals surface area (Å²) in [6, 6.07) is 17.5. The van der Waals surface area contributed by atoms with Gasteiger partial charge in [0.05, 0.1) is 28.8 Å². The lowest BCUT2D eigenvalue weighted by molar-refractivity contribution is 0.0684. The van der Waals surface area contributed by atoms with Crippen LogP contribution in [-0.2, 0) is 16.3 Å². The summed E-state index contributed by atoms with van der Waals surface area (Å²) < 4.78 is 26.0. The first-order valence-corrected chi connectivity index (χ1v) is 13.1. The zero-order chi connectivity index (χ0) is 23.2. The molecule has 2 aliphatic rings. The molecular weight excluding hydrogens is 436 g/mol. The molecule has 0 aliphatic carbocycles. The second-order valence-corrected chi connectivity index (χ2v) is 11.1. The molecule has 1 saturated heterocycles. The van der Waals surface area contributed by atoms with Crippen molar-refractivity contribution in [2.75, 3.05) is 23.4 Å². The smallest absolute Gasteiger partial charge is 0.257 e. The predicted molar refractivity (Wildman–Crippen MR) is 128 cm³/mol. The number of nitrogens with one attached hydrogen (secondary N) is 1. The average Bonchev–Trinajstić information content (AvgIpc) is 3.31. The van der Waals surface area contributed by atoms with Gasteiger partial charge < -0.3 is 10.2 Å². The molecule has 0 unspecified atom stereocenters. The van der Waals surface area contributed by atoms with E-state index in [2.05, 4.69) is 17.4 Å². The normalized spacial score (nSPS) is 21.6. The topological polar surface area (TPSA) is 84.3 Å². The fraction of sp³-hybridized carbons (Fsp3) is 0.360. The summed E-state index contributed by atoms with van der Waals surface area (Å²) >= 11 is 0. The Balaban J connectivity index is 1.52. The van der Waals surface area contributed by atoms with Crippen molar-refractivity contribution in [3.63, 3.8) is 0 Å². The highest BCUT2D eigenvalue weighted by Gasteiger charge is 2.37. The number of hydrogen-bond acceptors (Lipinski definition) is 5. The number of anilines is 1. The van der Waals surface area contributed by atoms with E-state index in [1.54, 1.807) is 0 Å². The Hall–Kier alpha value is -3.13. The number of carbonyl (C=O) groups excluding carboxylic acids is 1. The molecule has 2 aromatic carbocycles. The van der Waals surface area contributed by atoms with E-state index in [0.29, 0.717) is 18.5 Å². The molecule has 1 fully saturated rings. The van der Waals surface area contributed by atoms with Crippen molar-refractivity contribution in [2.45, 2.75) is 38.9 Å². The van der Waals surface area contributed by atoms with Crippen LogP contribution in [0.5, 0.6) is 0 Å². The zero-order valence-electron chi connectivity index (χ0n) is 18.9. The number of carbonyl (C=O) groups is 1. The predicted octanol–water partition coefficient (Wildman–Crippen LogP) is 3.67. The molecule has 1 N–H and O–H groups in total. The van der Waals surface area contributed by atoms with E-state index < -0.39 is 9.84 Å². The van der Waals surface area contributed by atoms with Gasteiger partial charge in [-0.3, -0.25) is 9.48 Å². The van der Waals surface area contributed by atoms with Crippen LogP contribution >= 0.6 is 0 Å². The molecular formula is C25H28N4O3S. The van der Waals surface area contributed by atoms with Crippen molar-refractivity contribution < 1.29 is 13.2 Å². The SMILES string of the molecule is Cc1nn([C@@H]2CCS(=O)(=O)C2)c(C)c1[C@@H]1Nc2ccccc2C(=O)N1CCc1ccccc1. The van der Waals surface area contributed by atoms with Crippen LogP contribution in [0.2, 0.25) is 0 Å². The van der Waals surface area contributed by atoms with Gasteiger partial charge in [-0.1, -0.05) is 42.5 Å². The summed E-state index contributed by atoms with van der Waals surface area (Å²) in [5.41, 5.74) is 5.29. The average molecular weight is 465 g/mol. The molecule has 0 spiro atoms. The summed E-state index contributed by atoms with van der Waals surface area (Å²) in [4.78, 5) is 15.4. The number of sulfone groups is 1. The zero-order valence-corrected chi connectivity index (χ0v) is 19.7. The highest BCUT2D eigenvalue weighted by atomic mass is 32.2. The van der Waals surface area contributed by atoms with E-state index in [1.165, 1.54) is 5.56 Å². The number of nitrogens with zero attached hydrogens (tertiary/aromatic N) is 3. The molecule has 3 heterocycles. The Morgan fingerprint density at radius 1 is 1.06 bits per heavy atom. The number of rotatable bonds is 5. The second kappa shape index (κ2) is 8.33. The molecule has 7 nitrogen and oxygen atoms in total. The minimum absolute atomic E-state index is 0.0136. The lowest BCUT2D eigenvalue weighted by atomic mass is 10.0. The molecule has 2 atom stereocenters. The van der Waals surface area contributed by atoms with Crippen LogP contribution in [0.15, 0.2) is 54.6 Å². The monoisotopic (exact) mass is 464 g/mol. The van der Waals surface area contributed by atoms with Crippen molar-refractivity contribution in [1.82, 2.24) is 14.7 Å². The van der Waals surface area contributed by atoms with Gasteiger partial charge in [0.1, 0.15) is 6.17 Å². The van der Waals surface area contributed by atoms with Gasteiger partial charge in [-0.2, -0.15) is 5.10 Å². The van der Waals surface area contributed by atoms with Crippen LogP contribution in [0.1, 0.15) is 51.5 Å². The van der Waals surface area contributed by atoms with Gasteiger partial charge in [-0.15, -0.1) is 0 Å². The van der Waals surface area contributed by atoms with Gasteiger partial charge in [-0.05, 0) is 44.4 Å². The maximum Gasteiger partial charge on any atom is 0.257 e. The first kappa shape index (κ1) is 21.7. The summed E-state index contributed by atoms with van der Waals surface area (Å²) in [6.07, 6.45) is 0.935. The molecule has 2 aliphatic heterocycles. The molecule has 5 rings (SSSR count). The third-order valence-corrected chi connectivity index (χ3v) is 8.47. The van der Waals surface area contributed by atoms with Crippen LogP contribution in [0.3, 0.4) is 0 Å². The molecule has 3 aromatic rings. The summed E-state index contributed by atoms with van der Waals surface area (Å²) in [6.45, 7) is 4.46. The largest absolute Gasteiger partial charge is 0.361 e. The van der Waals surface area contributed by atoms with Crippen molar-refractivity contribution in [1.29, 1.82) is 0 Å². The fourth-order valence-corrected chi connectivity index (χ4v) is 6.73. The molecule has 1 amide bonds. The van der Waals surface area contributed by atoms with Crippen LogP contribution in [0, 0.1) is 13.8 Å². The number of fused-ring (bicyclic) bond motifs is 1. The number of para-hydroxylation sites is 1. The Morgan fingerprint density at radius 2 is 1.79 bits per heavy atom. The third kappa shape index (κ3) is 4.04. The standard InChI is InChI=1S/C25H28N4O3S/c1-17-23(18(2)29(27-17)20-13-15-33(31,32)16-20)24-26-22-11-7-6-10-21(22)25(30)28(24)14-12-19-8-4-3-5-9-19/h3-11,20,24,26H,12-16H2,1-2H3/t20-,24-/m1/s1. The second-order valence-electron chi connectivity index (χ2n) is 8.91. The van der Waals surface area contributed by atoms with E-state index in [4.69, 9.17) is 5.10 Å². The molecule has 0 radical (unpaired) electrons. The van der Waals surface area contributed by atoms with Crippen molar-refractivity contribution >= 4 is 21.4 Å². The van der Waals surface area contributed by atoms with Crippen LogP contribution < -0.4 is 5.32 Å². The number of amides is 1. The van der Waals surface area contributed by atoms with Gasteiger partial charge in [0, 0.05) is 23.5 Å². The van der Waals surface area contributed by atoms with Gasteiger partial charge in [0.15, 0.2) is 9.84 Å². The van der Waals surface area contributed by atoms with Crippen molar-refractivity contribution in [3.05, 3.63) is 82.7 Å². The molecule has 0 bridgehead atoms. The maximum absolute atomic E-state index is 13.6. The molecule has 33 heavy (non-hydrogen) atoms. The van der Waals surface area contributed by atoms with Crippen LogP contribution in [-0.4, -0.2) is 47.1 Å². The van der Waals surface area contributed by atoms with Gasteiger partial charge >= 0.3 is 0 Å².